The molecule has 0 fully saturated rings. The molecule has 0 saturated heterocycles. The highest BCUT2D eigenvalue weighted by molar-refractivity contribution is 6.03. The number of benzene rings is 1. The Bertz CT molecular complexity index is 516. The summed E-state index contributed by atoms with van der Waals surface area (Å²) in [6.45, 7) is 2.01. The lowest BCUT2D eigenvalue weighted by Gasteiger charge is -2.32. The van der Waals surface area contributed by atoms with Crippen LogP contribution in [-0.2, 0) is 16.1 Å². The summed E-state index contributed by atoms with van der Waals surface area (Å²) in [5.41, 5.74) is 7.07. The fourth-order valence-corrected chi connectivity index (χ4v) is 1.97. The maximum Gasteiger partial charge on any atom is 0.268 e. The minimum absolute atomic E-state index is 0.0238. The molecule has 0 spiro atoms. The molecule has 1 aliphatic heterocycles. The van der Waals surface area contributed by atoms with E-state index in [0.717, 1.165) is 5.56 Å². The molecular weight excluding hydrogens is 246 g/mol. The number of carbonyl (C=O) groups excluding carboxylic acids is 2. The van der Waals surface area contributed by atoms with Gasteiger partial charge in [0.15, 0.2) is 6.10 Å². The van der Waals surface area contributed by atoms with Crippen LogP contribution < -0.4 is 20.7 Å². The summed E-state index contributed by atoms with van der Waals surface area (Å²) < 4.78 is 5.53. The number of likely N-dealkylation sites (N-methyl/N-ethyl adjacent to an activating group) is 1. The summed E-state index contributed by atoms with van der Waals surface area (Å²) in [4.78, 5) is 25.1. The SMILES string of the molecule is CNC(=O)CN1C(=O)C(C)Oc2ccc(CN)cc21. The first kappa shape index (κ1) is 13.4. The molecule has 2 rings (SSSR count). The van der Waals surface area contributed by atoms with Crippen LogP contribution in [0.4, 0.5) is 5.69 Å². The number of amides is 2. The number of nitrogens with one attached hydrogen (secondary N) is 1. The van der Waals surface area contributed by atoms with Crippen molar-refractivity contribution in [1.29, 1.82) is 0 Å². The lowest BCUT2D eigenvalue weighted by molar-refractivity contribution is -0.128. The number of fused-ring (bicyclic) bond motifs is 1. The summed E-state index contributed by atoms with van der Waals surface area (Å²) in [5.74, 6) is 0.130. The van der Waals surface area contributed by atoms with Crippen LogP contribution in [0.3, 0.4) is 0 Å². The summed E-state index contributed by atoms with van der Waals surface area (Å²) in [7, 11) is 1.54. The van der Waals surface area contributed by atoms with Gasteiger partial charge in [0.25, 0.3) is 5.91 Å². The van der Waals surface area contributed by atoms with E-state index < -0.39 is 6.10 Å². The van der Waals surface area contributed by atoms with Crippen LogP contribution in [0.25, 0.3) is 0 Å². The van der Waals surface area contributed by atoms with Crippen LogP contribution in [0.5, 0.6) is 5.75 Å². The third-order valence-electron chi connectivity index (χ3n) is 3.05. The summed E-state index contributed by atoms with van der Waals surface area (Å²) in [6.07, 6.45) is -0.596. The quantitative estimate of drug-likeness (QED) is 0.804. The van der Waals surface area contributed by atoms with Crippen molar-refractivity contribution < 1.29 is 14.3 Å². The molecule has 1 heterocycles. The number of hydrogen-bond acceptors (Lipinski definition) is 4. The Hall–Kier alpha value is -2.08. The Morgan fingerprint density at radius 1 is 1.53 bits per heavy atom. The van der Waals surface area contributed by atoms with Crippen molar-refractivity contribution >= 4 is 17.5 Å². The number of carbonyl (C=O) groups is 2. The molecule has 0 aliphatic carbocycles. The van der Waals surface area contributed by atoms with Crippen LogP contribution in [-0.4, -0.2) is 31.5 Å². The van der Waals surface area contributed by atoms with Crippen molar-refractivity contribution in [3.8, 4) is 5.75 Å². The summed E-state index contributed by atoms with van der Waals surface area (Å²) in [5, 5.41) is 2.51. The van der Waals surface area contributed by atoms with Crippen molar-refractivity contribution in [2.75, 3.05) is 18.5 Å². The van der Waals surface area contributed by atoms with Crippen molar-refractivity contribution in [3.05, 3.63) is 23.8 Å². The zero-order valence-electron chi connectivity index (χ0n) is 11.0. The summed E-state index contributed by atoms with van der Waals surface area (Å²) >= 11 is 0. The van der Waals surface area contributed by atoms with E-state index in [1.807, 2.05) is 6.07 Å². The molecule has 0 bridgehead atoms. The molecule has 0 saturated carbocycles. The Labute approximate surface area is 111 Å². The van der Waals surface area contributed by atoms with Gasteiger partial charge in [-0.15, -0.1) is 0 Å². The highest BCUT2D eigenvalue weighted by atomic mass is 16.5. The molecule has 1 aromatic rings. The first-order valence-electron chi connectivity index (χ1n) is 6.08. The monoisotopic (exact) mass is 263 g/mol. The third kappa shape index (κ3) is 2.53. The molecule has 102 valence electrons. The standard InChI is InChI=1S/C13H17N3O3/c1-8-13(18)16(7-12(17)15-2)10-5-9(6-14)3-4-11(10)19-8/h3-5,8H,6-7,14H2,1-2H3,(H,15,17). The smallest absolute Gasteiger partial charge is 0.268 e. The van der Waals surface area contributed by atoms with E-state index in [2.05, 4.69) is 5.32 Å². The highest BCUT2D eigenvalue weighted by Gasteiger charge is 2.32. The molecule has 0 radical (unpaired) electrons. The fraction of sp³-hybridized carbons (Fsp3) is 0.385. The van der Waals surface area contributed by atoms with Crippen LogP contribution in [0, 0.1) is 0 Å². The average Bonchev–Trinajstić information content (AvgIpc) is 2.43. The van der Waals surface area contributed by atoms with E-state index in [9.17, 15) is 9.59 Å². The van der Waals surface area contributed by atoms with Crippen molar-refractivity contribution in [2.24, 2.45) is 5.73 Å². The predicted molar refractivity (Wildman–Crippen MR) is 70.8 cm³/mol. The molecule has 6 heteroatoms. The highest BCUT2D eigenvalue weighted by Crippen LogP contribution is 2.34. The van der Waals surface area contributed by atoms with Gasteiger partial charge in [-0.2, -0.15) is 0 Å². The van der Waals surface area contributed by atoms with Gasteiger partial charge in [0, 0.05) is 13.6 Å². The Morgan fingerprint density at radius 3 is 2.89 bits per heavy atom. The van der Waals surface area contributed by atoms with Crippen LogP contribution in [0.15, 0.2) is 18.2 Å². The van der Waals surface area contributed by atoms with Gasteiger partial charge < -0.3 is 15.8 Å². The van der Waals surface area contributed by atoms with Crippen LogP contribution >= 0.6 is 0 Å². The first-order chi connectivity index (χ1) is 9.06. The number of ether oxygens (including phenoxy) is 1. The zero-order valence-corrected chi connectivity index (χ0v) is 11.0. The second-order valence-corrected chi connectivity index (χ2v) is 4.36. The minimum Gasteiger partial charge on any atom is -0.479 e. The van der Waals surface area contributed by atoms with E-state index in [1.54, 1.807) is 19.1 Å². The third-order valence-corrected chi connectivity index (χ3v) is 3.05. The average molecular weight is 263 g/mol. The molecule has 1 atom stereocenters. The second kappa shape index (κ2) is 5.27. The van der Waals surface area contributed by atoms with E-state index in [1.165, 1.54) is 11.9 Å². The normalized spacial score (nSPS) is 17.7. The van der Waals surface area contributed by atoms with Gasteiger partial charge in [-0.05, 0) is 24.6 Å². The van der Waals surface area contributed by atoms with Crippen molar-refractivity contribution in [1.82, 2.24) is 5.32 Å². The molecule has 2 amide bonds. The molecule has 3 N–H and O–H groups in total. The number of rotatable bonds is 3. The van der Waals surface area contributed by atoms with Crippen LogP contribution in [0.2, 0.25) is 0 Å². The number of anilines is 1. The molecule has 1 unspecified atom stereocenters. The number of hydrogen-bond donors (Lipinski definition) is 2. The van der Waals surface area contributed by atoms with Gasteiger partial charge in [-0.1, -0.05) is 6.07 Å². The minimum atomic E-state index is -0.596. The Balaban J connectivity index is 2.41. The predicted octanol–water partition coefficient (Wildman–Crippen LogP) is 0.00520. The molecule has 0 aromatic heterocycles. The second-order valence-electron chi connectivity index (χ2n) is 4.36. The molecule has 1 aliphatic rings. The lowest BCUT2D eigenvalue weighted by atomic mass is 10.1. The zero-order chi connectivity index (χ0) is 14.0. The van der Waals surface area contributed by atoms with Crippen molar-refractivity contribution in [3.63, 3.8) is 0 Å². The fourth-order valence-electron chi connectivity index (χ4n) is 1.97. The number of nitrogens with two attached hydrogens (primary N) is 1. The molecule has 19 heavy (non-hydrogen) atoms. The van der Waals surface area contributed by atoms with E-state index in [4.69, 9.17) is 10.5 Å². The number of nitrogens with zero attached hydrogens (tertiary/aromatic N) is 1. The van der Waals surface area contributed by atoms with Crippen LogP contribution in [0.1, 0.15) is 12.5 Å². The van der Waals surface area contributed by atoms with E-state index in [0.29, 0.717) is 18.0 Å². The van der Waals surface area contributed by atoms with Gasteiger partial charge in [0.2, 0.25) is 5.91 Å². The molecular formula is C13H17N3O3. The van der Waals surface area contributed by atoms with Gasteiger partial charge in [0.1, 0.15) is 12.3 Å². The van der Waals surface area contributed by atoms with E-state index >= 15 is 0 Å². The molecule has 6 nitrogen and oxygen atoms in total. The molecule has 1 aromatic carbocycles. The Kier molecular flexibility index (Phi) is 3.71. The van der Waals surface area contributed by atoms with Crippen molar-refractivity contribution in [2.45, 2.75) is 19.6 Å². The first-order valence-corrected chi connectivity index (χ1v) is 6.08. The van der Waals surface area contributed by atoms with Gasteiger partial charge in [-0.25, -0.2) is 0 Å². The van der Waals surface area contributed by atoms with E-state index in [-0.39, 0.29) is 18.4 Å². The summed E-state index contributed by atoms with van der Waals surface area (Å²) in [6, 6.07) is 5.40. The van der Waals surface area contributed by atoms with Gasteiger partial charge >= 0.3 is 0 Å². The maximum absolute atomic E-state index is 12.1. The largest absolute Gasteiger partial charge is 0.479 e. The topological polar surface area (TPSA) is 84.7 Å². The maximum atomic E-state index is 12.1. The van der Waals surface area contributed by atoms with Gasteiger partial charge in [-0.3, -0.25) is 14.5 Å². The Morgan fingerprint density at radius 2 is 2.26 bits per heavy atom. The lowest BCUT2D eigenvalue weighted by Crippen LogP contribution is -2.48. The van der Waals surface area contributed by atoms with Gasteiger partial charge in [0.05, 0.1) is 5.69 Å².